The third-order valence-corrected chi connectivity index (χ3v) is 3.33. The van der Waals surface area contributed by atoms with Crippen molar-refractivity contribution in [2.45, 2.75) is 30.7 Å². The van der Waals surface area contributed by atoms with Crippen LogP contribution in [-0.4, -0.2) is 57.7 Å². The first-order chi connectivity index (χ1) is 8.13. The van der Waals surface area contributed by atoms with Crippen LogP contribution in [0.25, 0.3) is 0 Å². The molecule has 1 aromatic heterocycles. The minimum Gasteiger partial charge on any atom is -0.452 e. The molecule has 0 aromatic carbocycles. The molecule has 1 aromatic rings. The lowest BCUT2D eigenvalue weighted by Gasteiger charge is -2.39. The lowest BCUT2D eigenvalue weighted by molar-refractivity contribution is -0.276. The SMILES string of the molecule is OC[C@H]1OC(Oc2cccs2)[C@H](O)[C@@H](O)[C@H]1O. The second-order valence-corrected chi connectivity index (χ2v) is 4.66. The van der Waals surface area contributed by atoms with E-state index < -0.39 is 37.3 Å². The van der Waals surface area contributed by atoms with E-state index in [-0.39, 0.29) is 0 Å². The van der Waals surface area contributed by atoms with Crippen LogP contribution in [0.3, 0.4) is 0 Å². The Balaban J connectivity index is 2.06. The summed E-state index contributed by atoms with van der Waals surface area (Å²) in [6.07, 6.45) is -6.19. The highest BCUT2D eigenvalue weighted by Crippen LogP contribution is 2.26. The molecule has 0 radical (unpaired) electrons. The average molecular weight is 262 g/mol. The summed E-state index contributed by atoms with van der Waals surface area (Å²) < 4.78 is 10.5. The van der Waals surface area contributed by atoms with Crippen LogP contribution in [0.5, 0.6) is 5.06 Å². The van der Waals surface area contributed by atoms with E-state index in [1.165, 1.54) is 11.3 Å². The zero-order valence-electron chi connectivity index (χ0n) is 8.84. The topological polar surface area (TPSA) is 99.4 Å². The molecule has 2 heterocycles. The van der Waals surface area contributed by atoms with Gasteiger partial charge < -0.3 is 29.9 Å². The van der Waals surface area contributed by atoms with Gasteiger partial charge in [-0.3, -0.25) is 0 Å². The molecular formula is C10H14O6S. The summed E-state index contributed by atoms with van der Waals surface area (Å²) in [6.45, 7) is -0.463. The summed E-state index contributed by atoms with van der Waals surface area (Å²) in [5, 5.41) is 40.1. The van der Waals surface area contributed by atoms with Crippen LogP contribution < -0.4 is 4.74 Å². The quantitative estimate of drug-likeness (QED) is 0.553. The zero-order valence-corrected chi connectivity index (χ0v) is 9.66. The molecule has 5 atom stereocenters. The zero-order chi connectivity index (χ0) is 12.4. The van der Waals surface area contributed by atoms with Gasteiger partial charge in [0, 0.05) is 0 Å². The second-order valence-electron chi connectivity index (χ2n) is 3.75. The van der Waals surface area contributed by atoms with E-state index in [1.54, 1.807) is 17.5 Å². The summed E-state index contributed by atoms with van der Waals surface area (Å²) >= 11 is 1.31. The van der Waals surface area contributed by atoms with Gasteiger partial charge in [-0.15, -0.1) is 11.3 Å². The monoisotopic (exact) mass is 262 g/mol. The third-order valence-electron chi connectivity index (χ3n) is 2.58. The molecule has 1 aliphatic rings. The van der Waals surface area contributed by atoms with Crippen LogP contribution in [0.15, 0.2) is 17.5 Å². The highest BCUT2D eigenvalue weighted by atomic mass is 32.1. The van der Waals surface area contributed by atoms with Crippen molar-refractivity contribution in [1.82, 2.24) is 0 Å². The van der Waals surface area contributed by atoms with Crippen LogP contribution >= 0.6 is 11.3 Å². The predicted molar refractivity (Wildman–Crippen MR) is 58.7 cm³/mol. The van der Waals surface area contributed by atoms with Crippen molar-refractivity contribution in [1.29, 1.82) is 0 Å². The second kappa shape index (κ2) is 5.30. The molecular weight excluding hydrogens is 248 g/mol. The summed E-state index contributed by atoms with van der Waals surface area (Å²) in [5.74, 6) is 0. The van der Waals surface area contributed by atoms with E-state index in [1.807, 2.05) is 0 Å². The maximum absolute atomic E-state index is 9.68. The maximum Gasteiger partial charge on any atom is 0.230 e. The van der Waals surface area contributed by atoms with Gasteiger partial charge >= 0.3 is 0 Å². The Hall–Kier alpha value is -0.700. The highest BCUT2D eigenvalue weighted by molar-refractivity contribution is 7.11. The fraction of sp³-hybridized carbons (Fsp3) is 0.600. The Kier molecular flexibility index (Phi) is 3.97. The van der Waals surface area contributed by atoms with Crippen molar-refractivity contribution in [2.24, 2.45) is 0 Å². The van der Waals surface area contributed by atoms with Gasteiger partial charge in [0.05, 0.1) is 6.61 Å². The van der Waals surface area contributed by atoms with Gasteiger partial charge in [0.15, 0.2) is 5.06 Å². The van der Waals surface area contributed by atoms with Crippen molar-refractivity contribution >= 4 is 11.3 Å². The van der Waals surface area contributed by atoms with Gasteiger partial charge in [-0.05, 0) is 17.5 Å². The van der Waals surface area contributed by atoms with E-state index in [0.717, 1.165) is 0 Å². The van der Waals surface area contributed by atoms with Gasteiger partial charge in [-0.1, -0.05) is 0 Å². The van der Waals surface area contributed by atoms with Gasteiger partial charge in [-0.2, -0.15) is 0 Å². The molecule has 0 saturated carbocycles. The van der Waals surface area contributed by atoms with E-state index in [9.17, 15) is 15.3 Å². The number of hydrogen-bond acceptors (Lipinski definition) is 7. The van der Waals surface area contributed by atoms with Gasteiger partial charge in [-0.25, -0.2) is 0 Å². The number of ether oxygens (including phenoxy) is 2. The molecule has 1 aliphatic heterocycles. The van der Waals surface area contributed by atoms with Crippen LogP contribution in [0.2, 0.25) is 0 Å². The van der Waals surface area contributed by atoms with Crippen LogP contribution in [0, 0.1) is 0 Å². The number of aliphatic hydroxyl groups excluding tert-OH is 4. The van der Waals surface area contributed by atoms with Crippen molar-refractivity contribution in [3.05, 3.63) is 17.5 Å². The molecule has 1 fully saturated rings. The standard InChI is InChI=1S/C10H14O6S/c11-4-5-7(12)8(13)9(14)10(15-5)16-6-2-1-3-17-6/h1-3,5,7-14H,4H2/t5-,7+,8+,9-,10?/m1/s1. The fourth-order valence-electron chi connectivity index (χ4n) is 1.61. The fourth-order valence-corrected chi connectivity index (χ4v) is 2.21. The maximum atomic E-state index is 9.68. The average Bonchev–Trinajstić information content (AvgIpc) is 2.83. The molecule has 1 unspecified atom stereocenters. The van der Waals surface area contributed by atoms with Crippen molar-refractivity contribution in [2.75, 3.05) is 6.61 Å². The number of rotatable bonds is 3. The van der Waals surface area contributed by atoms with Crippen molar-refractivity contribution in [3.63, 3.8) is 0 Å². The van der Waals surface area contributed by atoms with E-state index in [4.69, 9.17) is 14.6 Å². The summed E-state index contributed by atoms with van der Waals surface area (Å²) in [4.78, 5) is 0. The Morgan fingerprint density at radius 2 is 2.00 bits per heavy atom. The number of aliphatic hydroxyl groups is 4. The Morgan fingerprint density at radius 3 is 2.59 bits per heavy atom. The molecule has 4 N–H and O–H groups in total. The minimum absolute atomic E-state index is 0.463. The van der Waals surface area contributed by atoms with Crippen LogP contribution in [0.4, 0.5) is 0 Å². The first kappa shape index (κ1) is 12.7. The number of hydrogen-bond donors (Lipinski definition) is 4. The smallest absolute Gasteiger partial charge is 0.230 e. The van der Waals surface area contributed by atoms with E-state index in [0.29, 0.717) is 5.06 Å². The van der Waals surface area contributed by atoms with Crippen molar-refractivity contribution in [3.8, 4) is 5.06 Å². The molecule has 1 saturated heterocycles. The highest BCUT2D eigenvalue weighted by Gasteiger charge is 2.44. The van der Waals surface area contributed by atoms with Gasteiger partial charge in [0.1, 0.15) is 24.4 Å². The van der Waals surface area contributed by atoms with Crippen molar-refractivity contribution < 1.29 is 29.9 Å². The molecule has 7 heteroatoms. The Labute approximate surface area is 102 Å². The van der Waals surface area contributed by atoms with Crippen LogP contribution in [-0.2, 0) is 4.74 Å². The van der Waals surface area contributed by atoms with E-state index in [2.05, 4.69) is 0 Å². The largest absolute Gasteiger partial charge is 0.452 e. The number of thiophene rings is 1. The Bertz CT molecular complexity index is 341. The molecule has 96 valence electrons. The first-order valence-corrected chi connectivity index (χ1v) is 6.02. The summed E-state index contributed by atoms with van der Waals surface area (Å²) in [5.41, 5.74) is 0. The van der Waals surface area contributed by atoms with E-state index >= 15 is 0 Å². The van der Waals surface area contributed by atoms with Gasteiger partial charge in [0.2, 0.25) is 6.29 Å². The summed E-state index contributed by atoms with van der Waals surface area (Å²) in [7, 11) is 0. The third kappa shape index (κ3) is 2.59. The molecule has 17 heavy (non-hydrogen) atoms. The minimum atomic E-state index is -1.41. The Morgan fingerprint density at radius 1 is 1.24 bits per heavy atom. The molecule has 0 aliphatic carbocycles. The lowest BCUT2D eigenvalue weighted by Crippen LogP contribution is -2.60. The first-order valence-electron chi connectivity index (χ1n) is 5.14. The summed E-state index contributed by atoms with van der Waals surface area (Å²) in [6, 6.07) is 3.45. The molecule has 6 nitrogen and oxygen atoms in total. The normalized spacial score (nSPS) is 38.0. The molecule has 0 spiro atoms. The molecule has 2 rings (SSSR count). The molecule has 0 bridgehead atoms. The predicted octanol–water partition coefficient (Wildman–Crippen LogP) is -1.07. The van der Waals surface area contributed by atoms with Gasteiger partial charge in [0.25, 0.3) is 0 Å². The lowest BCUT2D eigenvalue weighted by atomic mass is 9.99. The van der Waals surface area contributed by atoms with Crippen LogP contribution in [0.1, 0.15) is 0 Å². The molecule has 0 amide bonds.